The average Bonchev–Trinajstić information content (AvgIpc) is 2.72. The van der Waals surface area contributed by atoms with Gasteiger partial charge in [-0.1, -0.05) is 18.0 Å². The normalized spacial score (nSPS) is 21.8. The van der Waals surface area contributed by atoms with Crippen molar-refractivity contribution in [3.63, 3.8) is 0 Å². The second-order valence-corrected chi connectivity index (χ2v) is 5.17. The SMILES string of the molecule is Cl.NC1CCCC1CNc1cc(Cl)ccc1C(=O)O. The van der Waals surface area contributed by atoms with Gasteiger partial charge in [-0.25, -0.2) is 4.79 Å². The molecular formula is C13H18Cl2N2O2. The first-order chi connectivity index (χ1) is 8.58. The van der Waals surface area contributed by atoms with Gasteiger partial charge in [-0.15, -0.1) is 12.4 Å². The highest BCUT2D eigenvalue weighted by atomic mass is 35.5. The molecule has 0 amide bonds. The minimum Gasteiger partial charge on any atom is -0.478 e. The summed E-state index contributed by atoms with van der Waals surface area (Å²) in [4.78, 5) is 11.1. The van der Waals surface area contributed by atoms with E-state index in [1.165, 1.54) is 6.07 Å². The van der Waals surface area contributed by atoms with Crippen molar-refractivity contribution < 1.29 is 9.90 Å². The van der Waals surface area contributed by atoms with Gasteiger partial charge in [0, 0.05) is 17.6 Å². The molecule has 1 fully saturated rings. The van der Waals surface area contributed by atoms with Gasteiger partial charge in [-0.3, -0.25) is 0 Å². The van der Waals surface area contributed by atoms with Crippen molar-refractivity contribution in [3.8, 4) is 0 Å². The van der Waals surface area contributed by atoms with Gasteiger partial charge in [-0.05, 0) is 37.0 Å². The van der Waals surface area contributed by atoms with Gasteiger partial charge < -0.3 is 16.2 Å². The highest BCUT2D eigenvalue weighted by molar-refractivity contribution is 6.31. The minimum absolute atomic E-state index is 0. The van der Waals surface area contributed by atoms with Gasteiger partial charge in [0.25, 0.3) is 0 Å². The molecule has 1 aliphatic rings. The highest BCUT2D eigenvalue weighted by Crippen LogP contribution is 2.26. The number of nitrogens with two attached hydrogens (primary N) is 1. The second-order valence-electron chi connectivity index (χ2n) is 4.73. The zero-order chi connectivity index (χ0) is 13.1. The van der Waals surface area contributed by atoms with Crippen molar-refractivity contribution in [2.45, 2.75) is 25.3 Å². The summed E-state index contributed by atoms with van der Waals surface area (Å²) in [6.07, 6.45) is 3.29. The summed E-state index contributed by atoms with van der Waals surface area (Å²) >= 11 is 5.89. The molecule has 2 rings (SSSR count). The summed E-state index contributed by atoms with van der Waals surface area (Å²) in [5, 5.41) is 12.8. The molecule has 4 N–H and O–H groups in total. The van der Waals surface area contributed by atoms with Crippen LogP contribution in [0.5, 0.6) is 0 Å². The maximum absolute atomic E-state index is 11.1. The zero-order valence-corrected chi connectivity index (χ0v) is 12.0. The van der Waals surface area contributed by atoms with Crippen LogP contribution < -0.4 is 11.1 Å². The Balaban J connectivity index is 0.00000180. The van der Waals surface area contributed by atoms with E-state index < -0.39 is 5.97 Å². The third-order valence-electron chi connectivity index (χ3n) is 3.48. The van der Waals surface area contributed by atoms with Gasteiger partial charge in [0.1, 0.15) is 0 Å². The number of carboxylic acid groups (broad SMARTS) is 1. The van der Waals surface area contributed by atoms with E-state index in [0.717, 1.165) is 19.3 Å². The Kier molecular flexibility index (Phi) is 5.91. The molecule has 1 saturated carbocycles. The standard InChI is InChI=1S/C13H17ClN2O2.ClH/c14-9-4-5-10(13(17)18)12(6-9)16-7-8-2-1-3-11(8)15;/h4-6,8,11,16H,1-3,7,15H2,(H,17,18);1H. The Morgan fingerprint density at radius 2 is 2.21 bits per heavy atom. The van der Waals surface area contributed by atoms with Gasteiger partial charge >= 0.3 is 5.97 Å². The number of anilines is 1. The van der Waals surface area contributed by atoms with E-state index in [-0.39, 0.29) is 24.0 Å². The van der Waals surface area contributed by atoms with E-state index in [1.807, 2.05) is 0 Å². The van der Waals surface area contributed by atoms with E-state index >= 15 is 0 Å². The van der Waals surface area contributed by atoms with Crippen molar-refractivity contribution >= 4 is 35.7 Å². The number of hydrogen-bond donors (Lipinski definition) is 3. The molecule has 0 heterocycles. The van der Waals surface area contributed by atoms with Crippen molar-refractivity contribution in [3.05, 3.63) is 28.8 Å². The van der Waals surface area contributed by atoms with Crippen LogP contribution in [-0.2, 0) is 0 Å². The highest BCUT2D eigenvalue weighted by Gasteiger charge is 2.24. The van der Waals surface area contributed by atoms with E-state index in [9.17, 15) is 4.79 Å². The third kappa shape index (κ3) is 4.00. The Labute approximate surface area is 123 Å². The number of nitrogens with one attached hydrogen (secondary N) is 1. The molecule has 4 nitrogen and oxygen atoms in total. The van der Waals surface area contributed by atoms with Crippen LogP contribution >= 0.6 is 24.0 Å². The second kappa shape index (κ2) is 6.98. The summed E-state index contributed by atoms with van der Waals surface area (Å²) in [7, 11) is 0. The fourth-order valence-electron chi connectivity index (χ4n) is 2.41. The molecule has 0 radical (unpaired) electrons. The maximum atomic E-state index is 11.1. The molecular weight excluding hydrogens is 287 g/mol. The van der Waals surface area contributed by atoms with Crippen LogP contribution in [0.2, 0.25) is 5.02 Å². The van der Waals surface area contributed by atoms with Crippen molar-refractivity contribution in [1.82, 2.24) is 0 Å². The Morgan fingerprint density at radius 1 is 1.47 bits per heavy atom. The van der Waals surface area contributed by atoms with Crippen molar-refractivity contribution in [2.24, 2.45) is 11.7 Å². The molecule has 0 aromatic heterocycles. The lowest BCUT2D eigenvalue weighted by atomic mass is 10.0. The summed E-state index contributed by atoms with van der Waals surface area (Å²) < 4.78 is 0. The molecule has 1 aliphatic carbocycles. The van der Waals surface area contributed by atoms with Crippen LogP contribution in [0.4, 0.5) is 5.69 Å². The van der Waals surface area contributed by atoms with Gasteiger partial charge in [-0.2, -0.15) is 0 Å². The van der Waals surface area contributed by atoms with Crippen molar-refractivity contribution in [2.75, 3.05) is 11.9 Å². The lowest BCUT2D eigenvalue weighted by Crippen LogP contribution is -2.29. The van der Waals surface area contributed by atoms with E-state index in [2.05, 4.69) is 5.32 Å². The van der Waals surface area contributed by atoms with Crippen LogP contribution in [-0.4, -0.2) is 23.7 Å². The number of carboxylic acids is 1. The fourth-order valence-corrected chi connectivity index (χ4v) is 2.58. The molecule has 1 aromatic carbocycles. The topological polar surface area (TPSA) is 75.3 Å². The summed E-state index contributed by atoms with van der Waals surface area (Å²) in [6.45, 7) is 0.696. The number of hydrogen-bond acceptors (Lipinski definition) is 3. The van der Waals surface area contributed by atoms with Crippen LogP contribution in [0.25, 0.3) is 0 Å². The first kappa shape index (κ1) is 16.1. The quantitative estimate of drug-likeness (QED) is 0.799. The van der Waals surface area contributed by atoms with E-state index in [0.29, 0.717) is 23.2 Å². The fraction of sp³-hybridized carbons (Fsp3) is 0.462. The Morgan fingerprint density at radius 3 is 2.79 bits per heavy atom. The maximum Gasteiger partial charge on any atom is 0.337 e. The largest absolute Gasteiger partial charge is 0.478 e. The number of aromatic carboxylic acids is 1. The summed E-state index contributed by atoms with van der Waals surface area (Å²) in [5.41, 5.74) is 6.79. The number of halogens is 2. The monoisotopic (exact) mass is 304 g/mol. The first-order valence-corrected chi connectivity index (χ1v) is 6.48. The Bertz CT molecular complexity index is 454. The molecule has 0 aliphatic heterocycles. The lowest BCUT2D eigenvalue weighted by molar-refractivity contribution is 0.0698. The average molecular weight is 305 g/mol. The molecule has 19 heavy (non-hydrogen) atoms. The van der Waals surface area contributed by atoms with Gasteiger partial charge in [0.2, 0.25) is 0 Å². The summed E-state index contributed by atoms with van der Waals surface area (Å²) in [5.74, 6) is -0.546. The third-order valence-corrected chi connectivity index (χ3v) is 3.72. The molecule has 2 unspecified atom stereocenters. The smallest absolute Gasteiger partial charge is 0.337 e. The van der Waals surface area contributed by atoms with E-state index in [1.54, 1.807) is 12.1 Å². The first-order valence-electron chi connectivity index (χ1n) is 6.10. The molecule has 1 aromatic rings. The predicted molar refractivity (Wildman–Crippen MR) is 79.5 cm³/mol. The van der Waals surface area contributed by atoms with Crippen LogP contribution in [0, 0.1) is 5.92 Å². The molecule has 0 bridgehead atoms. The molecule has 0 saturated heterocycles. The predicted octanol–water partition coefficient (Wildman–Crippen LogP) is 3.00. The number of benzene rings is 1. The number of carbonyl (C=O) groups is 1. The molecule has 0 spiro atoms. The van der Waals surface area contributed by atoms with E-state index in [4.69, 9.17) is 22.4 Å². The van der Waals surface area contributed by atoms with Gasteiger partial charge in [0.05, 0.1) is 11.3 Å². The van der Waals surface area contributed by atoms with Crippen LogP contribution in [0.3, 0.4) is 0 Å². The minimum atomic E-state index is -0.954. The van der Waals surface area contributed by atoms with Gasteiger partial charge in [0.15, 0.2) is 0 Å². The Hall–Kier alpha value is -0.970. The zero-order valence-electron chi connectivity index (χ0n) is 10.4. The van der Waals surface area contributed by atoms with Crippen LogP contribution in [0.1, 0.15) is 29.6 Å². The summed E-state index contributed by atoms with van der Waals surface area (Å²) in [6, 6.07) is 4.95. The molecule has 2 atom stereocenters. The number of rotatable bonds is 4. The molecule has 106 valence electrons. The molecule has 6 heteroatoms. The van der Waals surface area contributed by atoms with Crippen molar-refractivity contribution in [1.29, 1.82) is 0 Å². The van der Waals surface area contributed by atoms with Crippen LogP contribution in [0.15, 0.2) is 18.2 Å². The lowest BCUT2D eigenvalue weighted by Gasteiger charge is -2.17.